The van der Waals surface area contributed by atoms with Gasteiger partial charge in [-0.25, -0.2) is 0 Å². The first kappa shape index (κ1) is 21.1. The van der Waals surface area contributed by atoms with Crippen molar-refractivity contribution >= 4 is 34.2 Å². The van der Waals surface area contributed by atoms with Gasteiger partial charge in [-0.1, -0.05) is 6.92 Å². The molecule has 0 heterocycles. The van der Waals surface area contributed by atoms with Gasteiger partial charge >= 0.3 is 0 Å². The molecule has 2 aromatic carbocycles. The molecule has 7 heteroatoms. The molecule has 0 aliphatic rings. The topological polar surface area (TPSA) is 66.0 Å². The Kier molecular flexibility index (Phi) is 8.02. The van der Waals surface area contributed by atoms with Crippen molar-refractivity contribution in [1.29, 1.82) is 0 Å². The first-order chi connectivity index (χ1) is 13.0. The molecule has 0 aliphatic carbocycles. The second-order valence-electron chi connectivity index (χ2n) is 5.59. The standard InChI is InChI=1S/C20H24INO5/c1-5-9-27-19-15(21)10-13(11-18(19)26-6-2)20(23)22-16-12-14(24-3)7-8-17(16)25-4/h7-8,10-12H,5-6,9H2,1-4H3,(H,22,23). The van der Waals surface area contributed by atoms with Crippen LogP contribution in [-0.2, 0) is 0 Å². The highest BCUT2D eigenvalue weighted by Gasteiger charge is 2.17. The Bertz CT molecular complexity index is 794. The van der Waals surface area contributed by atoms with Crippen molar-refractivity contribution in [2.75, 3.05) is 32.8 Å². The maximum atomic E-state index is 12.8. The number of anilines is 1. The lowest BCUT2D eigenvalue weighted by atomic mass is 10.1. The van der Waals surface area contributed by atoms with E-state index in [1.165, 1.54) is 0 Å². The van der Waals surface area contributed by atoms with Gasteiger partial charge in [0.25, 0.3) is 5.91 Å². The summed E-state index contributed by atoms with van der Waals surface area (Å²) in [7, 11) is 3.12. The number of rotatable bonds is 9. The highest BCUT2D eigenvalue weighted by atomic mass is 127. The minimum Gasteiger partial charge on any atom is -0.497 e. The largest absolute Gasteiger partial charge is 0.497 e. The van der Waals surface area contributed by atoms with Crippen molar-refractivity contribution in [3.05, 3.63) is 39.5 Å². The van der Waals surface area contributed by atoms with Crippen LogP contribution in [0.3, 0.4) is 0 Å². The Balaban J connectivity index is 2.33. The van der Waals surface area contributed by atoms with Gasteiger partial charge in [0.15, 0.2) is 11.5 Å². The molecular formula is C20H24INO5. The first-order valence-corrected chi connectivity index (χ1v) is 9.74. The molecule has 0 saturated carbocycles. The summed E-state index contributed by atoms with van der Waals surface area (Å²) in [5.74, 6) is 2.11. The predicted molar refractivity (Wildman–Crippen MR) is 114 cm³/mol. The zero-order chi connectivity index (χ0) is 19.8. The summed E-state index contributed by atoms with van der Waals surface area (Å²) in [5.41, 5.74) is 0.998. The number of amides is 1. The molecule has 2 rings (SSSR count). The smallest absolute Gasteiger partial charge is 0.255 e. The maximum absolute atomic E-state index is 12.8. The quantitative estimate of drug-likeness (QED) is 0.520. The Hall–Kier alpha value is -2.16. The molecule has 0 fully saturated rings. The van der Waals surface area contributed by atoms with Gasteiger partial charge in [0.2, 0.25) is 0 Å². The van der Waals surface area contributed by atoms with E-state index in [2.05, 4.69) is 27.9 Å². The molecule has 27 heavy (non-hydrogen) atoms. The van der Waals surface area contributed by atoms with Crippen molar-refractivity contribution in [3.63, 3.8) is 0 Å². The van der Waals surface area contributed by atoms with Crippen molar-refractivity contribution in [2.24, 2.45) is 0 Å². The van der Waals surface area contributed by atoms with Crippen molar-refractivity contribution in [2.45, 2.75) is 20.3 Å². The minimum atomic E-state index is -0.275. The zero-order valence-electron chi connectivity index (χ0n) is 15.9. The fourth-order valence-corrected chi connectivity index (χ4v) is 3.17. The van der Waals surface area contributed by atoms with Crippen molar-refractivity contribution in [1.82, 2.24) is 0 Å². The third-order valence-corrected chi connectivity index (χ3v) is 4.48. The molecule has 2 aromatic rings. The van der Waals surface area contributed by atoms with E-state index in [1.807, 2.05) is 13.8 Å². The van der Waals surface area contributed by atoms with Gasteiger partial charge < -0.3 is 24.3 Å². The molecule has 0 radical (unpaired) electrons. The number of carbonyl (C=O) groups excluding carboxylic acids is 1. The normalized spacial score (nSPS) is 10.3. The van der Waals surface area contributed by atoms with E-state index in [-0.39, 0.29) is 5.91 Å². The van der Waals surface area contributed by atoms with Crippen LogP contribution >= 0.6 is 22.6 Å². The van der Waals surface area contributed by atoms with Gasteiger partial charge in [0.1, 0.15) is 11.5 Å². The molecule has 0 aliphatic heterocycles. The summed E-state index contributed by atoms with van der Waals surface area (Å²) >= 11 is 2.15. The van der Waals surface area contributed by atoms with E-state index in [0.29, 0.717) is 47.5 Å². The lowest BCUT2D eigenvalue weighted by Crippen LogP contribution is -2.14. The van der Waals surface area contributed by atoms with Gasteiger partial charge in [-0.3, -0.25) is 4.79 Å². The second kappa shape index (κ2) is 10.2. The van der Waals surface area contributed by atoms with Crippen LogP contribution in [0.1, 0.15) is 30.6 Å². The number of hydrogen-bond acceptors (Lipinski definition) is 5. The maximum Gasteiger partial charge on any atom is 0.255 e. The molecular weight excluding hydrogens is 461 g/mol. The first-order valence-electron chi connectivity index (χ1n) is 8.66. The number of benzene rings is 2. The highest BCUT2D eigenvalue weighted by Crippen LogP contribution is 2.35. The summed E-state index contributed by atoms with van der Waals surface area (Å²) in [4.78, 5) is 12.8. The molecule has 0 unspecified atom stereocenters. The third-order valence-electron chi connectivity index (χ3n) is 3.68. The molecule has 0 saturated heterocycles. The third kappa shape index (κ3) is 5.41. The summed E-state index contributed by atoms with van der Waals surface area (Å²) in [6, 6.07) is 8.69. The van der Waals surface area contributed by atoms with Crippen LogP contribution in [0.25, 0.3) is 0 Å². The van der Waals surface area contributed by atoms with Crippen LogP contribution in [0.15, 0.2) is 30.3 Å². The highest BCUT2D eigenvalue weighted by molar-refractivity contribution is 14.1. The van der Waals surface area contributed by atoms with Crippen molar-refractivity contribution in [3.8, 4) is 23.0 Å². The Morgan fingerprint density at radius 3 is 2.44 bits per heavy atom. The molecule has 0 spiro atoms. The van der Waals surface area contributed by atoms with Gasteiger partial charge in [-0.15, -0.1) is 0 Å². The van der Waals surface area contributed by atoms with E-state index in [0.717, 1.165) is 9.99 Å². The van der Waals surface area contributed by atoms with E-state index in [4.69, 9.17) is 18.9 Å². The second-order valence-corrected chi connectivity index (χ2v) is 6.75. The van der Waals surface area contributed by atoms with Crippen LogP contribution < -0.4 is 24.3 Å². The van der Waals surface area contributed by atoms with Gasteiger partial charge in [-0.2, -0.15) is 0 Å². The Morgan fingerprint density at radius 1 is 1.04 bits per heavy atom. The van der Waals surface area contributed by atoms with Crippen LogP contribution in [0.2, 0.25) is 0 Å². The summed E-state index contributed by atoms with van der Waals surface area (Å²) in [6.45, 7) is 5.00. The molecule has 1 N–H and O–H groups in total. The van der Waals surface area contributed by atoms with Crippen LogP contribution in [-0.4, -0.2) is 33.3 Å². The molecule has 1 amide bonds. The average molecular weight is 485 g/mol. The van der Waals surface area contributed by atoms with Gasteiger partial charge in [0.05, 0.1) is 36.7 Å². The van der Waals surface area contributed by atoms with Crippen LogP contribution in [0, 0.1) is 3.57 Å². The Morgan fingerprint density at radius 2 is 1.81 bits per heavy atom. The Labute approximate surface area is 173 Å². The van der Waals surface area contributed by atoms with E-state index in [1.54, 1.807) is 44.6 Å². The molecule has 0 atom stereocenters. The summed E-state index contributed by atoms with van der Waals surface area (Å²) in [6.07, 6.45) is 0.888. The van der Waals surface area contributed by atoms with Crippen molar-refractivity contribution < 1.29 is 23.7 Å². The van der Waals surface area contributed by atoms with E-state index in [9.17, 15) is 4.79 Å². The number of carbonyl (C=O) groups is 1. The fraction of sp³-hybridized carbons (Fsp3) is 0.350. The van der Waals surface area contributed by atoms with Crippen LogP contribution in [0.5, 0.6) is 23.0 Å². The summed E-state index contributed by atoms with van der Waals surface area (Å²) in [5, 5.41) is 2.87. The number of ether oxygens (including phenoxy) is 4. The van der Waals surface area contributed by atoms with Gasteiger partial charge in [-0.05, 0) is 60.2 Å². The lowest BCUT2D eigenvalue weighted by molar-refractivity contribution is 0.102. The minimum absolute atomic E-state index is 0.275. The average Bonchev–Trinajstić information content (AvgIpc) is 2.67. The van der Waals surface area contributed by atoms with E-state index >= 15 is 0 Å². The number of hydrogen-bond donors (Lipinski definition) is 1. The molecule has 0 aromatic heterocycles. The predicted octanol–water partition coefficient (Wildman–Crippen LogP) is 4.75. The lowest BCUT2D eigenvalue weighted by Gasteiger charge is -2.16. The number of methoxy groups -OCH3 is 2. The van der Waals surface area contributed by atoms with Crippen LogP contribution in [0.4, 0.5) is 5.69 Å². The molecule has 6 nitrogen and oxygen atoms in total. The molecule has 0 bridgehead atoms. The van der Waals surface area contributed by atoms with Gasteiger partial charge in [0, 0.05) is 11.6 Å². The van der Waals surface area contributed by atoms with E-state index < -0.39 is 0 Å². The fourth-order valence-electron chi connectivity index (χ4n) is 2.41. The molecule has 146 valence electrons. The SMILES string of the molecule is CCCOc1c(I)cc(C(=O)Nc2cc(OC)ccc2OC)cc1OCC. The number of halogens is 1. The zero-order valence-corrected chi connectivity index (χ0v) is 18.1. The monoisotopic (exact) mass is 485 g/mol. The summed E-state index contributed by atoms with van der Waals surface area (Å²) < 4.78 is 22.8. The number of nitrogens with one attached hydrogen (secondary N) is 1.